The van der Waals surface area contributed by atoms with Gasteiger partial charge in [0, 0.05) is 44.8 Å². The van der Waals surface area contributed by atoms with Gasteiger partial charge in [-0.05, 0) is 62.1 Å². The molecule has 0 amide bonds. The number of nitrogens with one attached hydrogen (secondary N) is 2. The first-order valence-electron chi connectivity index (χ1n) is 9.73. The van der Waals surface area contributed by atoms with E-state index in [-0.39, 0.29) is 5.82 Å². The van der Waals surface area contributed by atoms with Gasteiger partial charge in [-0.25, -0.2) is 4.39 Å². The van der Waals surface area contributed by atoms with E-state index < -0.39 is 0 Å². The van der Waals surface area contributed by atoms with E-state index in [4.69, 9.17) is 0 Å². The van der Waals surface area contributed by atoms with Gasteiger partial charge < -0.3 is 20.4 Å². The van der Waals surface area contributed by atoms with Gasteiger partial charge in [-0.15, -0.1) is 11.3 Å². The molecule has 1 saturated heterocycles. The summed E-state index contributed by atoms with van der Waals surface area (Å²) in [5.41, 5.74) is 1.77. The van der Waals surface area contributed by atoms with E-state index >= 15 is 0 Å². The molecule has 7 heteroatoms. The minimum Gasteiger partial charge on any atom is -0.363 e. The molecule has 2 N–H and O–H groups in total. The van der Waals surface area contributed by atoms with Gasteiger partial charge in [0.1, 0.15) is 5.82 Å². The van der Waals surface area contributed by atoms with Crippen molar-refractivity contribution >= 4 is 22.3 Å². The summed E-state index contributed by atoms with van der Waals surface area (Å²) in [4.78, 5) is 8.77. The summed E-state index contributed by atoms with van der Waals surface area (Å²) in [6.07, 6.45) is 2.17. The molecule has 0 unspecified atom stereocenters. The molecule has 5 nitrogen and oxygen atoms in total. The summed E-state index contributed by atoms with van der Waals surface area (Å²) in [6.45, 7) is 3.33. The number of benzene rings is 1. The zero-order valence-electron chi connectivity index (χ0n) is 16.9. The summed E-state index contributed by atoms with van der Waals surface area (Å²) in [5, 5.41) is 10.4. The Bertz CT molecular complexity index is 767. The van der Waals surface area contributed by atoms with Gasteiger partial charge >= 0.3 is 0 Å². The Morgan fingerprint density at radius 3 is 2.71 bits per heavy atom. The quantitative estimate of drug-likeness (QED) is 0.574. The van der Waals surface area contributed by atoms with Crippen molar-refractivity contribution in [1.29, 1.82) is 0 Å². The van der Waals surface area contributed by atoms with Gasteiger partial charge in [0.15, 0.2) is 5.96 Å². The Morgan fingerprint density at radius 1 is 1.29 bits per heavy atom. The van der Waals surface area contributed by atoms with Gasteiger partial charge in [0.25, 0.3) is 0 Å². The third-order valence-corrected chi connectivity index (χ3v) is 5.86. The van der Waals surface area contributed by atoms with Crippen LogP contribution in [-0.4, -0.2) is 51.1 Å². The van der Waals surface area contributed by atoms with Crippen molar-refractivity contribution in [2.75, 3.05) is 39.1 Å². The van der Waals surface area contributed by atoms with E-state index in [1.54, 1.807) is 24.5 Å². The molecule has 1 aliphatic heterocycles. The zero-order chi connectivity index (χ0) is 19.9. The fourth-order valence-electron chi connectivity index (χ4n) is 3.47. The number of rotatable bonds is 6. The van der Waals surface area contributed by atoms with Gasteiger partial charge in [-0.2, -0.15) is 0 Å². The highest BCUT2D eigenvalue weighted by atomic mass is 32.1. The van der Waals surface area contributed by atoms with Crippen LogP contribution < -0.4 is 15.5 Å². The number of hydrogen-bond donors (Lipinski definition) is 2. The largest absolute Gasteiger partial charge is 0.363 e. The van der Waals surface area contributed by atoms with Crippen LogP contribution >= 0.6 is 11.3 Å². The Labute approximate surface area is 171 Å². The summed E-state index contributed by atoms with van der Waals surface area (Å²) >= 11 is 1.80. The molecule has 0 saturated carbocycles. The van der Waals surface area contributed by atoms with Crippen molar-refractivity contribution in [2.24, 2.45) is 4.99 Å². The SMILES string of the molecule is CN=C(NCc1ccc(F)c(CN(C)C)c1)NC1CCN(c2cccs2)CC1. The summed E-state index contributed by atoms with van der Waals surface area (Å²) in [7, 11) is 5.68. The average Bonchev–Trinajstić information content (AvgIpc) is 3.22. The number of piperidine rings is 1. The van der Waals surface area contributed by atoms with Crippen molar-refractivity contribution in [3.8, 4) is 0 Å². The van der Waals surface area contributed by atoms with Crippen LogP contribution in [0, 0.1) is 5.82 Å². The second-order valence-electron chi connectivity index (χ2n) is 7.45. The van der Waals surface area contributed by atoms with Gasteiger partial charge in [0.05, 0.1) is 5.00 Å². The van der Waals surface area contributed by atoms with Crippen molar-refractivity contribution in [2.45, 2.75) is 32.0 Å². The molecule has 3 rings (SSSR count). The molecule has 2 aromatic rings. The molecule has 1 aliphatic rings. The molecule has 0 atom stereocenters. The number of aliphatic imine (C=N–C) groups is 1. The van der Waals surface area contributed by atoms with Gasteiger partial charge in [0.2, 0.25) is 0 Å². The van der Waals surface area contributed by atoms with E-state index in [1.165, 1.54) is 5.00 Å². The molecule has 0 spiro atoms. The predicted octanol–water partition coefficient (Wildman–Crippen LogP) is 3.28. The number of nitrogens with zero attached hydrogens (tertiary/aromatic N) is 3. The number of guanidine groups is 1. The highest BCUT2D eigenvalue weighted by molar-refractivity contribution is 7.14. The lowest BCUT2D eigenvalue weighted by Gasteiger charge is -2.33. The van der Waals surface area contributed by atoms with Crippen molar-refractivity contribution in [3.05, 3.63) is 52.7 Å². The molecule has 152 valence electrons. The van der Waals surface area contributed by atoms with Gasteiger partial charge in [-0.3, -0.25) is 4.99 Å². The Hall–Kier alpha value is -2.12. The average molecular weight is 404 g/mol. The van der Waals surface area contributed by atoms with E-state index in [0.717, 1.165) is 37.5 Å². The van der Waals surface area contributed by atoms with Crippen LogP contribution in [0.15, 0.2) is 40.7 Å². The maximum atomic E-state index is 14.0. The molecule has 0 radical (unpaired) electrons. The third kappa shape index (κ3) is 5.69. The van der Waals surface area contributed by atoms with Crippen molar-refractivity contribution in [3.63, 3.8) is 0 Å². The van der Waals surface area contributed by atoms with E-state index in [0.29, 0.717) is 24.7 Å². The lowest BCUT2D eigenvalue weighted by molar-refractivity contribution is 0.392. The van der Waals surface area contributed by atoms with Crippen molar-refractivity contribution in [1.82, 2.24) is 15.5 Å². The second kappa shape index (κ2) is 9.89. The highest BCUT2D eigenvalue weighted by Crippen LogP contribution is 2.24. The normalized spacial score (nSPS) is 15.9. The summed E-state index contributed by atoms with van der Waals surface area (Å²) in [6, 6.07) is 10.0. The molecule has 1 aromatic heterocycles. The molecule has 0 bridgehead atoms. The topological polar surface area (TPSA) is 42.9 Å². The number of thiophene rings is 1. The molecule has 1 fully saturated rings. The maximum Gasteiger partial charge on any atom is 0.191 e. The van der Waals surface area contributed by atoms with E-state index in [9.17, 15) is 4.39 Å². The fourth-order valence-corrected chi connectivity index (χ4v) is 4.25. The minimum absolute atomic E-state index is 0.155. The number of halogens is 1. The molecule has 2 heterocycles. The smallest absolute Gasteiger partial charge is 0.191 e. The first-order valence-corrected chi connectivity index (χ1v) is 10.6. The lowest BCUT2D eigenvalue weighted by Crippen LogP contribution is -2.48. The van der Waals surface area contributed by atoms with Gasteiger partial charge in [-0.1, -0.05) is 6.07 Å². The Balaban J connectivity index is 1.49. The molecule has 28 heavy (non-hydrogen) atoms. The molecule has 0 aliphatic carbocycles. The Morgan fingerprint density at radius 2 is 2.07 bits per heavy atom. The third-order valence-electron chi connectivity index (χ3n) is 4.93. The lowest BCUT2D eigenvalue weighted by atomic mass is 10.1. The van der Waals surface area contributed by atoms with Crippen LogP contribution in [-0.2, 0) is 13.1 Å². The zero-order valence-corrected chi connectivity index (χ0v) is 17.7. The summed E-state index contributed by atoms with van der Waals surface area (Å²) in [5.74, 6) is 0.644. The summed E-state index contributed by atoms with van der Waals surface area (Å²) < 4.78 is 14.0. The van der Waals surface area contributed by atoms with Crippen LogP contribution in [0.4, 0.5) is 9.39 Å². The maximum absolute atomic E-state index is 14.0. The number of anilines is 1. The monoisotopic (exact) mass is 403 g/mol. The molecule has 1 aromatic carbocycles. The first kappa shape index (κ1) is 20.6. The van der Waals surface area contributed by atoms with Crippen LogP contribution in [0.2, 0.25) is 0 Å². The Kier molecular flexibility index (Phi) is 7.28. The number of hydrogen-bond acceptors (Lipinski definition) is 4. The van der Waals surface area contributed by atoms with Crippen LogP contribution in [0.25, 0.3) is 0 Å². The van der Waals surface area contributed by atoms with Crippen LogP contribution in [0.5, 0.6) is 0 Å². The minimum atomic E-state index is -0.155. The van der Waals surface area contributed by atoms with E-state index in [1.807, 2.05) is 31.1 Å². The highest BCUT2D eigenvalue weighted by Gasteiger charge is 2.20. The second-order valence-corrected chi connectivity index (χ2v) is 8.37. The first-order chi connectivity index (χ1) is 13.5. The predicted molar refractivity (Wildman–Crippen MR) is 117 cm³/mol. The van der Waals surface area contributed by atoms with Crippen LogP contribution in [0.3, 0.4) is 0 Å². The standard InChI is InChI=1S/C21H30FN5S/c1-23-21(24-14-16-6-7-19(22)17(13-16)15-26(2)3)25-18-8-10-27(11-9-18)20-5-4-12-28-20/h4-7,12-13,18H,8-11,14-15H2,1-3H3,(H2,23,24,25). The molecular weight excluding hydrogens is 373 g/mol. The molecular formula is C21H30FN5S. The fraction of sp³-hybridized carbons (Fsp3) is 0.476. The van der Waals surface area contributed by atoms with Crippen LogP contribution in [0.1, 0.15) is 24.0 Å². The van der Waals surface area contributed by atoms with E-state index in [2.05, 4.69) is 38.0 Å². The van der Waals surface area contributed by atoms with Crippen molar-refractivity contribution < 1.29 is 4.39 Å².